The highest BCUT2D eigenvalue weighted by Crippen LogP contribution is 2.23. The molecule has 1 unspecified atom stereocenters. The second kappa shape index (κ2) is 6.23. The number of hydrogen-bond acceptors (Lipinski definition) is 2. The summed E-state index contributed by atoms with van der Waals surface area (Å²) in [4.78, 5) is 4.21. The zero-order valence-electron chi connectivity index (χ0n) is 9.63. The lowest BCUT2D eigenvalue weighted by atomic mass is 9.97. The Morgan fingerprint density at radius 1 is 1.40 bits per heavy atom. The molecule has 0 aliphatic heterocycles. The van der Waals surface area contributed by atoms with Gasteiger partial charge in [0.15, 0.2) is 0 Å². The Morgan fingerprint density at radius 3 is 2.67 bits per heavy atom. The predicted octanol–water partition coefficient (Wildman–Crippen LogP) is 3.54. The van der Waals surface area contributed by atoms with E-state index >= 15 is 0 Å². The fraction of sp³-hybridized carbons (Fsp3) is 0.583. The Labute approximate surface area is 101 Å². The molecule has 1 heterocycles. The van der Waals surface area contributed by atoms with E-state index in [9.17, 15) is 0 Å². The lowest BCUT2D eigenvalue weighted by molar-refractivity contribution is 0.412. The number of rotatable bonds is 5. The molecule has 1 rings (SSSR count). The highest BCUT2D eigenvalue weighted by molar-refractivity contribution is 9.10. The van der Waals surface area contributed by atoms with Crippen LogP contribution in [-0.2, 0) is 0 Å². The van der Waals surface area contributed by atoms with Gasteiger partial charge in [0.05, 0.1) is 0 Å². The minimum atomic E-state index is 0.398. The summed E-state index contributed by atoms with van der Waals surface area (Å²) >= 11 is 3.46. The molecule has 15 heavy (non-hydrogen) atoms. The Kier molecular flexibility index (Phi) is 5.26. The van der Waals surface area contributed by atoms with Gasteiger partial charge in [-0.2, -0.15) is 0 Å². The molecule has 2 nitrogen and oxygen atoms in total. The first-order chi connectivity index (χ1) is 7.15. The van der Waals surface area contributed by atoms with E-state index in [1.807, 2.05) is 12.4 Å². The van der Waals surface area contributed by atoms with Crippen LogP contribution in [0.15, 0.2) is 22.9 Å². The maximum absolute atomic E-state index is 4.21. The summed E-state index contributed by atoms with van der Waals surface area (Å²) in [5.74, 6) is 0.577. The third kappa shape index (κ3) is 3.92. The van der Waals surface area contributed by atoms with Crippen LogP contribution in [0, 0.1) is 5.92 Å². The molecular formula is C12H19BrN2. The summed E-state index contributed by atoms with van der Waals surface area (Å²) < 4.78 is 1.05. The average molecular weight is 271 g/mol. The number of nitrogens with zero attached hydrogens (tertiary/aromatic N) is 1. The van der Waals surface area contributed by atoms with Crippen molar-refractivity contribution in [3.63, 3.8) is 0 Å². The topological polar surface area (TPSA) is 24.9 Å². The molecule has 0 aromatic carbocycles. The van der Waals surface area contributed by atoms with E-state index in [2.05, 4.69) is 53.1 Å². The summed E-state index contributed by atoms with van der Waals surface area (Å²) in [6, 6.07) is 2.54. The van der Waals surface area contributed by atoms with Gasteiger partial charge in [-0.3, -0.25) is 4.98 Å². The van der Waals surface area contributed by atoms with Crippen LogP contribution in [0.3, 0.4) is 0 Å². The second-order valence-corrected chi connectivity index (χ2v) is 5.03. The van der Waals surface area contributed by atoms with Crippen LogP contribution in [0.5, 0.6) is 0 Å². The van der Waals surface area contributed by atoms with Crippen LogP contribution in [0.25, 0.3) is 0 Å². The van der Waals surface area contributed by atoms with Gasteiger partial charge in [0.2, 0.25) is 0 Å². The largest absolute Gasteiger partial charge is 0.310 e. The van der Waals surface area contributed by atoms with Crippen LogP contribution in [0.1, 0.15) is 38.8 Å². The van der Waals surface area contributed by atoms with Crippen molar-refractivity contribution in [3.8, 4) is 0 Å². The summed E-state index contributed by atoms with van der Waals surface area (Å²) in [6.45, 7) is 7.70. The Hall–Kier alpha value is -0.410. The van der Waals surface area contributed by atoms with E-state index in [1.54, 1.807) is 0 Å². The molecule has 0 spiro atoms. The highest BCUT2D eigenvalue weighted by atomic mass is 79.9. The fourth-order valence-electron chi connectivity index (χ4n) is 1.64. The van der Waals surface area contributed by atoms with E-state index in [-0.39, 0.29) is 0 Å². The van der Waals surface area contributed by atoms with Gasteiger partial charge in [0.25, 0.3) is 0 Å². The second-order valence-electron chi connectivity index (χ2n) is 4.11. The average Bonchev–Trinajstić information content (AvgIpc) is 2.18. The fourth-order valence-corrected chi connectivity index (χ4v) is 2.02. The molecule has 1 atom stereocenters. The van der Waals surface area contributed by atoms with Gasteiger partial charge in [-0.25, -0.2) is 0 Å². The summed E-state index contributed by atoms with van der Waals surface area (Å²) in [5, 5.41) is 3.55. The van der Waals surface area contributed by atoms with Gasteiger partial charge in [-0.05, 0) is 46.4 Å². The first kappa shape index (κ1) is 12.7. The maximum atomic E-state index is 4.21. The molecule has 0 radical (unpaired) electrons. The number of aromatic nitrogens is 1. The van der Waals surface area contributed by atoms with Gasteiger partial charge in [-0.15, -0.1) is 0 Å². The van der Waals surface area contributed by atoms with Crippen LogP contribution in [0.4, 0.5) is 0 Å². The molecule has 0 aliphatic rings. The summed E-state index contributed by atoms with van der Waals surface area (Å²) in [5.41, 5.74) is 1.26. The molecule has 0 saturated carbocycles. The summed E-state index contributed by atoms with van der Waals surface area (Å²) in [7, 11) is 0. The van der Waals surface area contributed by atoms with Crippen molar-refractivity contribution in [1.29, 1.82) is 0 Å². The van der Waals surface area contributed by atoms with Crippen LogP contribution in [0.2, 0.25) is 0 Å². The van der Waals surface area contributed by atoms with Crippen molar-refractivity contribution in [1.82, 2.24) is 10.3 Å². The SMILES string of the molecule is CCCNC(c1cncc(Br)c1)C(C)C. The lowest BCUT2D eigenvalue weighted by Crippen LogP contribution is -2.26. The normalized spacial score (nSPS) is 13.1. The molecule has 0 fully saturated rings. The van der Waals surface area contributed by atoms with Crippen molar-refractivity contribution in [2.45, 2.75) is 33.2 Å². The Morgan fingerprint density at radius 2 is 2.13 bits per heavy atom. The van der Waals surface area contributed by atoms with Crippen LogP contribution < -0.4 is 5.32 Å². The quantitative estimate of drug-likeness (QED) is 0.886. The minimum Gasteiger partial charge on any atom is -0.310 e. The molecule has 84 valence electrons. The molecule has 1 N–H and O–H groups in total. The lowest BCUT2D eigenvalue weighted by Gasteiger charge is -2.22. The molecule has 3 heteroatoms. The predicted molar refractivity (Wildman–Crippen MR) is 67.8 cm³/mol. The highest BCUT2D eigenvalue weighted by Gasteiger charge is 2.14. The molecule has 1 aromatic rings. The number of pyridine rings is 1. The minimum absolute atomic E-state index is 0.398. The number of nitrogens with one attached hydrogen (secondary N) is 1. The van der Waals surface area contributed by atoms with E-state index in [1.165, 1.54) is 5.56 Å². The van der Waals surface area contributed by atoms with Gasteiger partial charge in [-0.1, -0.05) is 20.8 Å². The van der Waals surface area contributed by atoms with E-state index < -0.39 is 0 Å². The Balaban J connectivity index is 2.79. The zero-order valence-corrected chi connectivity index (χ0v) is 11.2. The van der Waals surface area contributed by atoms with Gasteiger partial charge >= 0.3 is 0 Å². The molecule has 0 bridgehead atoms. The van der Waals surface area contributed by atoms with Crippen LogP contribution in [-0.4, -0.2) is 11.5 Å². The van der Waals surface area contributed by atoms with Crippen LogP contribution >= 0.6 is 15.9 Å². The molecule has 0 aliphatic carbocycles. The summed E-state index contributed by atoms with van der Waals surface area (Å²) in [6.07, 6.45) is 4.92. The molecular weight excluding hydrogens is 252 g/mol. The van der Waals surface area contributed by atoms with E-state index in [4.69, 9.17) is 0 Å². The van der Waals surface area contributed by atoms with Crippen molar-refractivity contribution >= 4 is 15.9 Å². The van der Waals surface area contributed by atoms with Crippen molar-refractivity contribution < 1.29 is 0 Å². The monoisotopic (exact) mass is 270 g/mol. The van der Waals surface area contributed by atoms with Crippen molar-refractivity contribution in [2.24, 2.45) is 5.92 Å². The third-order valence-corrected chi connectivity index (χ3v) is 2.80. The zero-order chi connectivity index (χ0) is 11.3. The maximum Gasteiger partial charge on any atom is 0.0410 e. The molecule has 1 aromatic heterocycles. The van der Waals surface area contributed by atoms with Crippen molar-refractivity contribution in [3.05, 3.63) is 28.5 Å². The van der Waals surface area contributed by atoms with Gasteiger partial charge < -0.3 is 5.32 Å². The standard InChI is InChI=1S/C12H19BrN2/c1-4-5-15-12(9(2)3)10-6-11(13)8-14-7-10/h6-9,12,15H,4-5H2,1-3H3. The first-order valence-corrected chi connectivity index (χ1v) is 6.28. The first-order valence-electron chi connectivity index (χ1n) is 5.49. The van der Waals surface area contributed by atoms with E-state index in [0.29, 0.717) is 12.0 Å². The number of hydrogen-bond donors (Lipinski definition) is 1. The Bertz CT molecular complexity index is 299. The third-order valence-electron chi connectivity index (χ3n) is 2.37. The molecule has 0 amide bonds. The van der Waals surface area contributed by atoms with Crippen molar-refractivity contribution in [2.75, 3.05) is 6.54 Å². The van der Waals surface area contributed by atoms with Gasteiger partial charge in [0.1, 0.15) is 0 Å². The smallest absolute Gasteiger partial charge is 0.0410 e. The van der Waals surface area contributed by atoms with E-state index in [0.717, 1.165) is 17.4 Å². The molecule has 0 saturated heterocycles. The number of halogens is 1. The van der Waals surface area contributed by atoms with Gasteiger partial charge in [0, 0.05) is 22.9 Å².